The number of H-pyrrole nitrogens is 1. The predicted molar refractivity (Wildman–Crippen MR) is 61.3 cm³/mol. The van der Waals surface area contributed by atoms with Crippen molar-refractivity contribution >= 4 is 0 Å². The topological polar surface area (TPSA) is 54.7 Å². The Morgan fingerprint density at radius 3 is 2.69 bits per heavy atom. The highest BCUT2D eigenvalue weighted by molar-refractivity contribution is 5.62. The van der Waals surface area contributed by atoms with Crippen molar-refractivity contribution < 1.29 is 4.39 Å². The van der Waals surface area contributed by atoms with Crippen molar-refractivity contribution in [3.05, 3.63) is 41.8 Å². The van der Waals surface area contributed by atoms with Crippen LogP contribution < -0.4 is 5.73 Å². The zero-order chi connectivity index (χ0) is 11.5. The average Bonchev–Trinajstić information content (AvgIpc) is 2.66. The normalized spacial score (nSPS) is 12.7. The molecule has 0 aliphatic heterocycles. The molecule has 0 radical (unpaired) electrons. The highest BCUT2D eigenvalue weighted by Crippen LogP contribution is 2.22. The maximum Gasteiger partial charge on any atom is 0.123 e. The number of hydrogen-bond donors (Lipinski definition) is 2. The highest BCUT2D eigenvalue weighted by Gasteiger charge is 2.09. The Bertz CT molecular complexity index is 459. The molecule has 0 saturated carbocycles. The van der Waals surface area contributed by atoms with Gasteiger partial charge in [-0.2, -0.15) is 5.10 Å². The summed E-state index contributed by atoms with van der Waals surface area (Å²) >= 11 is 0. The van der Waals surface area contributed by atoms with Crippen molar-refractivity contribution in [1.82, 2.24) is 10.2 Å². The van der Waals surface area contributed by atoms with Crippen molar-refractivity contribution in [1.29, 1.82) is 0 Å². The third-order valence-electron chi connectivity index (χ3n) is 2.39. The Morgan fingerprint density at radius 2 is 2.06 bits per heavy atom. The Kier molecular flexibility index (Phi) is 3.01. The van der Waals surface area contributed by atoms with E-state index >= 15 is 0 Å². The van der Waals surface area contributed by atoms with Crippen LogP contribution >= 0.6 is 0 Å². The molecule has 0 aliphatic carbocycles. The van der Waals surface area contributed by atoms with E-state index in [1.54, 1.807) is 18.3 Å². The summed E-state index contributed by atoms with van der Waals surface area (Å²) in [5.74, 6) is -0.239. The van der Waals surface area contributed by atoms with Gasteiger partial charge in [-0.15, -0.1) is 0 Å². The van der Waals surface area contributed by atoms with E-state index in [2.05, 4.69) is 10.2 Å². The van der Waals surface area contributed by atoms with Gasteiger partial charge in [0.05, 0.1) is 11.9 Å². The Morgan fingerprint density at radius 1 is 1.38 bits per heavy atom. The van der Waals surface area contributed by atoms with Crippen molar-refractivity contribution in [3.63, 3.8) is 0 Å². The summed E-state index contributed by atoms with van der Waals surface area (Å²) in [6.07, 6.45) is 2.52. The molecule has 2 aromatic rings. The van der Waals surface area contributed by atoms with Gasteiger partial charge in [0.1, 0.15) is 5.82 Å². The molecule has 0 spiro atoms. The minimum atomic E-state index is -0.239. The molecule has 1 atom stereocenters. The smallest absolute Gasteiger partial charge is 0.123 e. The summed E-state index contributed by atoms with van der Waals surface area (Å²) in [7, 11) is 0. The third kappa shape index (κ3) is 2.28. The van der Waals surface area contributed by atoms with Gasteiger partial charge < -0.3 is 5.73 Å². The second kappa shape index (κ2) is 4.45. The van der Waals surface area contributed by atoms with E-state index in [1.807, 2.05) is 6.92 Å². The first-order chi connectivity index (χ1) is 7.66. The summed E-state index contributed by atoms with van der Waals surface area (Å²) in [5.41, 5.74) is 8.65. The van der Waals surface area contributed by atoms with Gasteiger partial charge in [-0.25, -0.2) is 4.39 Å². The molecule has 0 bridgehead atoms. The monoisotopic (exact) mass is 219 g/mol. The summed E-state index contributed by atoms with van der Waals surface area (Å²) in [5, 5.41) is 6.92. The summed E-state index contributed by atoms with van der Waals surface area (Å²) < 4.78 is 12.8. The maximum atomic E-state index is 12.8. The largest absolute Gasteiger partial charge is 0.328 e. The van der Waals surface area contributed by atoms with E-state index in [0.717, 1.165) is 23.2 Å². The zero-order valence-electron chi connectivity index (χ0n) is 9.07. The zero-order valence-corrected chi connectivity index (χ0v) is 9.07. The van der Waals surface area contributed by atoms with Crippen LogP contribution in [0.5, 0.6) is 0 Å². The lowest BCUT2D eigenvalue weighted by Crippen LogP contribution is -2.17. The number of nitrogens with two attached hydrogens (primary N) is 1. The fourth-order valence-corrected chi connectivity index (χ4v) is 1.68. The Labute approximate surface area is 93.5 Å². The number of hydrogen-bond acceptors (Lipinski definition) is 2. The number of halogens is 1. The maximum absolute atomic E-state index is 12.8. The molecule has 0 aliphatic rings. The molecule has 0 saturated heterocycles. The average molecular weight is 219 g/mol. The lowest BCUT2D eigenvalue weighted by atomic mass is 10.0. The van der Waals surface area contributed by atoms with Gasteiger partial charge in [0, 0.05) is 11.6 Å². The van der Waals surface area contributed by atoms with Crippen molar-refractivity contribution in [2.45, 2.75) is 19.4 Å². The number of nitrogens with zero attached hydrogens (tertiary/aromatic N) is 1. The second-order valence-corrected chi connectivity index (χ2v) is 3.96. The lowest BCUT2D eigenvalue weighted by Gasteiger charge is -2.05. The van der Waals surface area contributed by atoms with Gasteiger partial charge in [-0.1, -0.05) is 0 Å². The molecule has 0 fully saturated rings. The summed E-state index contributed by atoms with van der Waals surface area (Å²) in [6.45, 7) is 1.95. The van der Waals surface area contributed by atoms with Crippen LogP contribution in [0.3, 0.4) is 0 Å². The van der Waals surface area contributed by atoms with Crippen LogP contribution in [0.15, 0.2) is 30.5 Å². The molecule has 3 nitrogen and oxygen atoms in total. The van der Waals surface area contributed by atoms with E-state index in [-0.39, 0.29) is 11.9 Å². The first-order valence-electron chi connectivity index (χ1n) is 5.20. The van der Waals surface area contributed by atoms with Crippen LogP contribution in [-0.2, 0) is 6.42 Å². The fraction of sp³-hybridized carbons (Fsp3) is 0.250. The van der Waals surface area contributed by atoms with Crippen molar-refractivity contribution in [2.24, 2.45) is 5.73 Å². The number of benzene rings is 1. The van der Waals surface area contributed by atoms with Crippen molar-refractivity contribution in [2.75, 3.05) is 0 Å². The number of aromatic amines is 1. The number of aromatic nitrogens is 2. The first-order valence-corrected chi connectivity index (χ1v) is 5.20. The van der Waals surface area contributed by atoms with Crippen molar-refractivity contribution in [3.8, 4) is 11.3 Å². The molecular weight excluding hydrogens is 205 g/mol. The molecule has 84 valence electrons. The summed E-state index contributed by atoms with van der Waals surface area (Å²) in [6, 6.07) is 6.41. The van der Waals surface area contributed by atoms with E-state index in [1.165, 1.54) is 12.1 Å². The highest BCUT2D eigenvalue weighted by atomic mass is 19.1. The molecule has 16 heavy (non-hydrogen) atoms. The van der Waals surface area contributed by atoms with Crippen LogP contribution in [-0.4, -0.2) is 16.2 Å². The van der Waals surface area contributed by atoms with Crippen LogP contribution in [0, 0.1) is 5.82 Å². The van der Waals surface area contributed by atoms with Crippen LogP contribution in [0.2, 0.25) is 0 Å². The fourth-order valence-electron chi connectivity index (χ4n) is 1.68. The van der Waals surface area contributed by atoms with E-state index in [9.17, 15) is 4.39 Å². The minimum Gasteiger partial charge on any atom is -0.328 e. The van der Waals surface area contributed by atoms with E-state index in [0.29, 0.717) is 0 Å². The van der Waals surface area contributed by atoms with Gasteiger partial charge >= 0.3 is 0 Å². The van der Waals surface area contributed by atoms with Crippen LogP contribution in [0.25, 0.3) is 11.3 Å². The number of rotatable bonds is 3. The molecule has 1 aromatic carbocycles. The summed E-state index contributed by atoms with van der Waals surface area (Å²) in [4.78, 5) is 0. The van der Waals surface area contributed by atoms with Crippen LogP contribution in [0.1, 0.15) is 12.5 Å². The first kappa shape index (κ1) is 10.8. The molecule has 0 amide bonds. The third-order valence-corrected chi connectivity index (χ3v) is 2.39. The predicted octanol–water partition coefficient (Wildman–Crippen LogP) is 2.11. The van der Waals surface area contributed by atoms with Gasteiger partial charge in [0.15, 0.2) is 0 Å². The Balaban J connectivity index is 2.33. The molecule has 4 heteroatoms. The SMILES string of the molecule is C[C@@H](N)Cc1cn[nH]c1-c1ccc(F)cc1. The van der Waals surface area contributed by atoms with Crippen LogP contribution in [0.4, 0.5) is 4.39 Å². The number of nitrogens with one attached hydrogen (secondary N) is 1. The molecule has 3 N–H and O–H groups in total. The molecule has 1 aromatic heterocycles. The molecule has 0 unspecified atom stereocenters. The van der Waals surface area contributed by atoms with Gasteiger partial charge in [0.2, 0.25) is 0 Å². The van der Waals surface area contributed by atoms with E-state index in [4.69, 9.17) is 5.73 Å². The molecular formula is C12H14FN3. The van der Waals surface area contributed by atoms with Gasteiger partial charge in [-0.3, -0.25) is 5.10 Å². The molecule has 1 heterocycles. The van der Waals surface area contributed by atoms with Gasteiger partial charge in [0.25, 0.3) is 0 Å². The lowest BCUT2D eigenvalue weighted by molar-refractivity contribution is 0.628. The second-order valence-electron chi connectivity index (χ2n) is 3.96. The minimum absolute atomic E-state index is 0.0804. The quantitative estimate of drug-likeness (QED) is 0.830. The molecule has 2 rings (SSSR count). The van der Waals surface area contributed by atoms with Gasteiger partial charge in [-0.05, 0) is 43.2 Å². The standard InChI is InChI=1S/C12H14FN3/c1-8(14)6-10-7-15-16-12(10)9-2-4-11(13)5-3-9/h2-5,7-8H,6,14H2,1H3,(H,15,16)/t8-/m1/s1. The van der Waals surface area contributed by atoms with E-state index < -0.39 is 0 Å². The Hall–Kier alpha value is -1.68.